The van der Waals surface area contributed by atoms with Gasteiger partial charge in [0.2, 0.25) is 0 Å². The first-order valence-corrected chi connectivity index (χ1v) is 5.70. The summed E-state index contributed by atoms with van der Waals surface area (Å²) in [6, 6.07) is 7.67. The summed E-state index contributed by atoms with van der Waals surface area (Å²) < 4.78 is 5.38. The molecule has 5 heteroatoms. The molecular formula is C13H18N2O3. The van der Waals surface area contributed by atoms with E-state index in [4.69, 9.17) is 9.57 Å². The van der Waals surface area contributed by atoms with Crippen molar-refractivity contribution in [3.63, 3.8) is 0 Å². The molecule has 0 aliphatic carbocycles. The van der Waals surface area contributed by atoms with Crippen molar-refractivity contribution in [1.82, 2.24) is 0 Å². The second-order valence-corrected chi connectivity index (χ2v) is 3.35. The molecule has 1 rings (SSSR count). The average Bonchev–Trinajstić information content (AvgIpc) is 2.39. The van der Waals surface area contributed by atoms with Crippen molar-refractivity contribution in [2.24, 2.45) is 10.3 Å². The molecule has 0 fully saturated rings. The van der Waals surface area contributed by atoms with E-state index < -0.39 is 0 Å². The monoisotopic (exact) mass is 250 g/mol. The zero-order chi connectivity index (χ0) is 13.2. The van der Waals surface area contributed by atoms with Crippen LogP contribution in [-0.4, -0.2) is 32.8 Å². The predicted octanol–water partition coefficient (Wildman–Crippen LogP) is 2.46. The molecule has 0 radical (unpaired) electrons. The maximum absolute atomic E-state index is 5.38. The number of hydrogen-bond acceptors (Lipinski definition) is 5. The minimum absolute atomic E-state index is 0.537. The van der Waals surface area contributed by atoms with Crippen molar-refractivity contribution in [1.29, 1.82) is 0 Å². The molecule has 0 atom stereocenters. The maximum atomic E-state index is 5.38. The largest absolute Gasteiger partial charge is 0.494 e. The first-order valence-electron chi connectivity index (χ1n) is 5.70. The van der Waals surface area contributed by atoms with Gasteiger partial charge in [-0.1, -0.05) is 10.3 Å². The standard InChI is InChI=1S/C13H18N2O3/c1-4-18-12-7-5-11(6-8-12)13(15-17-3)9-10-14-16-2/h5-8,10H,4,9H2,1-3H3/b14-10+,15-13-. The van der Waals surface area contributed by atoms with Crippen LogP contribution in [0.25, 0.3) is 0 Å². The SMILES string of the molecule is CCOc1ccc(/C(C/C=N/OC)=N\OC)cc1. The summed E-state index contributed by atoms with van der Waals surface area (Å²) in [5.41, 5.74) is 1.74. The Morgan fingerprint density at radius 3 is 2.44 bits per heavy atom. The van der Waals surface area contributed by atoms with E-state index in [2.05, 4.69) is 15.1 Å². The fourth-order valence-electron chi connectivity index (χ4n) is 1.43. The van der Waals surface area contributed by atoms with Gasteiger partial charge in [0.1, 0.15) is 20.0 Å². The molecule has 1 aromatic carbocycles. The first-order chi connectivity index (χ1) is 8.81. The zero-order valence-corrected chi connectivity index (χ0v) is 10.9. The molecule has 0 N–H and O–H groups in total. The van der Waals surface area contributed by atoms with E-state index in [9.17, 15) is 0 Å². The van der Waals surface area contributed by atoms with Crippen LogP contribution in [0.15, 0.2) is 34.6 Å². The second kappa shape index (κ2) is 8.11. The molecule has 0 aliphatic heterocycles. The van der Waals surface area contributed by atoms with Crippen molar-refractivity contribution >= 4 is 11.9 Å². The molecule has 0 aromatic heterocycles. The molecule has 5 nitrogen and oxygen atoms in total. The van der Waals surface area contributed by atoms with E-state index >= 15 is 0 Å². The molecule has 1 aromatic rings. The third kappa shape index (κ3) is 4.45. The molecule has 0 spiro atoms. The van der Waals surface area contributed by atoms with Gasteiger partial charge in [-0.15, -0.1) is 0 Å². The molecule has 0 saturated heterocycles. The van der Waals surface area contributed by atoms with Crippen molar-refractivity contribution in [2.45, 2.75) is 13.3 Å². The Hall–Kier alpha value is -2.04. The van der Waals surface area contributed by atoms with Gasteiger partial charge in [0.05, 0.1) is 12.3 Å². The Morgan fingerprint density at radius 2 is 1.89 bits per heavy atom. The van der Waals surface area contributed by atoms with E-state index in [1.54, 1.807) is 6.21 Å². The summed E-state index contributed by atoms with van der Waals surface area (Å²) in [5.74, 6) is 0.837. The van der Waals surface area contributed by atoms with Gasteiger partial charge in [-0.05, 0) is 36.8 Å². The fraction of sp³-hybridized carbons (Fsp3) is 0.385. The van der Waals surface area contributed by atoms with E-state index in [0.29, 0.717) is 13.0 Å². The number of hydrogen-bond donors (Lipinski definition) is 0. The van der Waals surface area contributed by atoms with Crippen LogP contribution < -0.4 is 4.74 Å². The highest BCUT2D eigenvalue weighted by Gasteiger charge is 2.04. The van der Waals surface area contributed by atoms with Crippen LogP contribution in [-0.2, 0) is 9.68 Å². The Balaban J connectivity index is 2.79. The van der Waals surface area contributed by atoms with Gasteiger partial charge in [-0.3, -0.25) is 0 Å². The van der Waals surface area contributed by atoms with Crippen molar-refractivity contribution < 1.29 is 14.4 Å². The summed E-state index contributed by atoms with van der Waals surface area (Å²) >= 11 is 0. The molecule has 0 heterocycles. The van der Waals surface area contributed by atoms with Crippen LogP contribution in [0.4, 0.5) is 0 Å². The molecule has 18 heavy (non-hydrogen) atoms. The summed E-state index contributed by atoms with van der Waals surface area (Å²) in [7, 11) is 3.02. The van der Waals surface area contributed by atoms with Gasteiger partial charge in [-0.2, -0.15) is 0 Å². The smallest absolute Gasteiger partial charge is 0.119 e. The van der Waals surface area contributed by atoms with E-state index in [-0.39, 0.29) is 0 Å². The molecule has 0 amide bonds. The molecular weight excluding hydrogens is 232 g/mol. The fourth-order valence-corrected chi connectivity index (χ4v) is 1.43. The predicted molar refractivity (Wildman–Crippen MR) is 71.3 cm³/mol. The molecule has 0 unspecified atom stereocenters. The lowest BCUT2D eigenvalue weighted by Crippen LogP contribution is -2.03. The van der Waals surface area contributed by atoms with Crippen molar-refractivity contribution in [3.8, 4) is 5.75 Å². The van der Waals surface area contributed by atoms with Crippen LogP contribution in [0.2, 0.25) is 0 Å². The van der Waals surface area contributed by atoms with Gasteiger partial charge < -0.3 is 14.4 Å². The lowest BCUT2D eigenvalue weighted by molar-refractivity contribution is 0.212. The van der Waals surface area contributed by atoms with Crippen LogP contribution in [0.5, 0.6) is 5.75 Å². The zero-order valence-electron chi connectivity index (χ0n) is 10.9. The molecule has 0 aliphatic rings. The second-order valence-electron chi connectivity index (χ2n) is 3.35. The van der Waals surface area contributed by atoms with Crippen molar-refractivity contribution in [3.05, 3.63) is 29.8 Å². The topological polar surface area (TPSA) is 52.4 Å². The van der Waals surface area contributed by atoms with Crippen LogP contribution in [0.3, 0.4) is 0 Å². The minimum atomic E-state index is 0.537. The Labute approximate surface area is 107 Å². The molecule has 0 bridgehead atoms. The van der Waals surface area contributed by atoms with Gasteiger partial charge in [-0.25, -0.2) is 0 Å². The van der Waals surface area contributed by atoms with Crippen LogP contribution >= 0.6 is 0 Å². The number of rotatable bonds is 7. The minimum Gasteiger partial charge on any atom is -0.494 e. The highest BCUT2D eigenvalue weighted by molar-refractivity contribution is 6.07. The summed E-state index contributed by atoms with van der Waals surface area (Å²) in [6.45, 7) is 2.60. The average molecular weight is 250 g/mol. The number of benzene rings is 1. The molecule has 0 saturated carbocycles. The quantitative estimate of drug-likeness (QED) is 0.551. The summed E-state index contributed by atoms with van der Waals surface area (Å²) in [6.07, 6.45) is 2.17. The Bertz CT molecular complexity index is 399. The first kappa shape index (κ1) is 14.0. The lowest BCUT2D eigenvalue weighted by Gasteiger charge is -2.05. The van der Waals surface area contributed by atoms with E-state index in [1.807, 2.05) is 31.2 Å². The van der Waals surface area contributed by atoms with Gasteiger partial charge in [0, 0.05) is 12.6 Å². The van der Waals surface area contributed by atoms with Crippen molar-refractivity contribution in [2.75, 3.05) is 20.8 Å². The third-order valence-electron chi connectivity index (χ3n) is 2.16. The maximum Gasteiger partial charge on any atom is 0.119 e. The van der Waals surface area contributed by atoms with Crippen LogP contribution in [0.1, 0.15) is 18.9 Å². The van der Waals surface area contributed by atoms with E-state index in [1.165, 1.54) is 14.2 Å². The Morgan fingerprint density at radius 1 is 1.17 bits per heavy atom. The van der Waals surface area contributed by atoms with Gasteiger partial charge >= 0.3 is 0 Å². The van der Waals surface area contributed by atoms with Gasteiger partial charge in [0.25, 0.3) is 0 Å². The normalized spacial score (nSPS) is 11.6. The highest BCUT2D eigenvalue weighted by atomic mass is 16.6. The highest BCUT2D eigenvalue weighted by Crippen LogP contribution is 2.13. The third-order valence-corrected chi connectivity index (χ3v) is 2.16. The lowest BCUT2D eigenvalue weighted by atomic mass is 10.1. The number of nitrogens with zero attached hydrogens (tertiary/aromatic N) is 2. The van der Waals surface area contributed by atoms with E-state index in [0.717, 1.165) is 17.0 Å². The molecule has 98 valence electrons. The summed E-state index contributed by atoms with van der Waals surface area (Å²) in [5, 5.41) is 7.65. The van der Waals surface area contributed by atoms with Gasteiger partial charge in [0.15, 0.2) is 0 Å². The number of ether oxygens (including phenoxy) is 1. The summed E-state index contributed by atoms with van der Waals surface area (Å²) in [4.78, 5) is 9.43. The Kier molecular flexibility index (Phi) is 6.32. The number of oxime groups is 2. The van der Waals surface area contributed by atoms with Crippen LogP contribution in [0, 0.1) is 0 Å².